The summed E-state index contributed by atoms with van der Waals surface area (Å²) in [7, 11) is 0. The second-order valence-electron chi connectivity index (χ2n) is 6.12. The zero-order valence-electron chi connectivity index (χ0n) is 13.5. The summed E-state index contributed by atoms with van der Waals surface area (Å²) < 4.78 is 0. The fourth-order valence-electron chi connectivity index (χ4n) is 3.14. The normalized spacial score (nSPS) is 17.0. The van der Waals surface area contributed by atoms with Crippen LogP contribution in [0.1, 0.15) is 17.5 Å². The largest absolute Gasteiger partial charge is 0.355 e. The molecule has 0 amide bonds. The van der Waals surface area contributed by atoms with Crippen molar-refractivity contribution < 1.29 is 0 Å². The maximum absolute atomic E-state index is 5.69. The van der Waals surface area contributed by atoms with Crippen molar-refractivity contribution >= 4 is 16.7 Å². The van der Waals surface area contributed by atoms with Crippen molar-refractivity contribution in [2.45, 2.75) is 20.3 Å². The minimum Gasteiger partial charge on any atom is -0.355 e. The topological polar surface area (TPSA) is 58.3 Å². The van der Waals surface area contributed by atoms with Crippen LogP contribution in [0.4, 0.5) is 5.82 Å². The molecule has 0 aliphatic carbocycles. The molecular weight excluding hydrogens is 274 g/mol. The number of aryl methyl sites for hydroxylation is 2. The van der Waals surface area contributed by atoms with E-state index < -0.39 is 0 Å². The maximum Gasteiger partial charge on any atom is 0.139 e. The van der Waals surface area contributed by atoms with Crippen LogP contribution in [0, 0.1) is 13.8 Å². The Kier molecular flexibility index (Phi) is 4.55. The predicted molar refractivity (Wildman–Crippen MR) is 91.3 cm³/mol. The second kappa shape index (κ2) is 6.58. The van der Waals surface area contributed by atoms with E-state index in [1.807, 2.05) is 0 Å². The molecule has 118 valence electrons. The number of rotatable bonds is 3. The Balaban J connectivity index is 1.91. The molecular formula is C17H25N5. The van der Waals surface area contributed by atoms with Crippen LogP contribution >= 0.6 is 0 Å². The summed E-state index contributed by atoms with van der Waals surface area (Å²) >= 11 is 0. The van der Waals surface area contributed by atoms with E-state index in [2.05, 4.69) is 45.7 Å². The van der Waals surface area contributed by atoms with Crippen molar-refractivity contribution in [3.05, 3.63) is 29.6 Å². The molecule has 1 aliphatic rings. The minimum absolute atomic E-state index is 0.731. The summed E-state index contributed by atoms with van der Waals surface area (Å²) in [6, 6.07) is 4.39. The average molecular weight is 299 g/mol. The van der Waals surface area contributed by atoms with Crippen molar-refractivity contribution in [2.24, 2.45) is 5.73 Å². The van der Waals surface area contributed by atoms with Crippen molar-refractivity contribution in [3.63, 3.8) is 0 Å². The minimum atomic E-state index is 0.731. The van der Waals surface area contributed by atoms with Gasteiger partial charge in [-0.25, -0.2) is 9.97 Å². The highest BCUT2D eigenvalue weighted by molar-refractivity contribution is 5.90. The highest BCUT2D eigenvalue weighted by Crippen LogP contribution is 2.26. The van der Waals surface area contributed by atoms with Gasteiger partial charge in [0.25, 0.3) is 0 Å². The molecule has 1 aliphatic heterocycles. The van der Waals surface area contributed by atoms with Crippen LogP contribution in [0.5, 0.6) is 0 Å². The molecule has 2 heterocycles. The number of hydrogen-bond acceptors (Lipinski definition) is 5. The second-order valence-corrected chi connectivity index (χ2v) is 6.12. The number of benzene rings is 1. The van der Waals surface area contributed by atoms with E-state index >= 15 is 0 Å². The fourth-order valence-corrected chi connectivity index (χ4v) is 3.14. The summed E-state index contributed by atoms with van der Waals surface area (Å²) in [6.07, 6.45) is 2.84. The molecule has 1 fully saturated rings. The van der Waals surface area contributed by atoms with E-state index in [-0.39, 0.29) is 0 Å². The van der Waals surface area contributed by atoms with Gasteiger partial charge in [-0.1, -0.05) is 0 Å². The van der Waals surface area contributed by atoms with Crippen LogP contribution in [0.25, 0.3) is 10.9 Å². The van der Waals surface area contributed by atoms with E-state index in [0.29, 0.717) is 0 Å². The molecule has 0 spiro atoms. The van der Waals surface area contributed by atoms with Gasteiger partial charge in [0, 0.05) is 38.1 Å². The summed E-state index contributed by atoms with van der Waals surface area (Å²) in [5.41, 5.74) is 9.30. The number of hydrogen-bond donors (Lipinski definition) is 1. The quantitative estimate of drug-likeness (QED) is 0.935. The SMILES string of the molecule is Cc1cc2ncnc(N3CCCN(CCN)CC3)c2cc1C. The molecule has 2 N–H and O–H groups in total. The lowest BCUT2D eigenvalue weighted by molar-refractivity contribution is 0.302. The van der Waals surface area contributed by atoms with Crippen LogP contribution in [0.15, 0.2) is 18.5 Å². The smallest absolute Gasteiger partial charge is 0.139 e. The zero-order chi connectivity index (χ0) is 15.5. The van der Waals surface area contributed by atoms with Gasteiger partial charge in [-0.15, -0.1) is 0 Å². The monoisotopic (exact) mass is 299 g/mol. The molecule has 22 heavy (non-hydrogen) atoms. The molecule has 1 aromatic carbocycles. The van der Waals surface area contributed by atoms with Crippen LogP contribution in [0.2, 0.25) is 0 Å². The van der Waals surface area contributed by atoms with E-state index in [9.17, 15) is 0 Å². The Labute approximate surface area is 132 Å². The Bertz CT molecular complexity index is 655. The fraction of sp³-hybridized carbons (Fsp3) is 0.529. The highest BCUT2D eigenvalue weighted by atomic mass is 15.2. The van der Waals surface area contributed by atoms with E-state index in [4.69, 9.17) is 5.73 Å². The standard InChI is InChI=1S/C17H25N5/c1-13-10-15-16(11-14(13)2)19-12-20-17(15)22-6-3-5-21(7-4-18)8-9-22/h10-12H,3-9,18H2,1-2H3. The summed E-state index contributed by atoms with van der Waals surface area (Å²) in [4.78, 5) is 13.9. The molecule has 0 saturated carbocycles. The van der Waals surface area contributed by atoms with Crippen molar-refractivity contribution in [2.75, 3.05) is 44.2 Å². The lowest BCUT2D eigenvalue weighted by Gasteiger charge is -2.23. The van der Waals surface area contributed by atoms with Crippen molar-refractivity contribution in [1.29, 1.82) is 0 Å². The van der Waals surface area contributed by atoms with Gasteiger partial charge in [0.2, 0.25) is 0 Å². The van der Waals surface area contributed by atoms with Crippen LogP contribution in [0.3, 0.4) is 0 Å². The molecule has 2 aromatic rings. The highest BCUT2D eigenvalue weighted by Gasteiger charge is 2.18. The van der Waals surface area contributed by atoms with E-state index in [1.165, 1.54) is 11.1 Å². The Morgan fingerprint density at radius 3 is 2.68 bits per heavy atom. The summed E-state index contributed by atoms with van der Waals surface area (Å²) in [5, 5.41) is 1.16. The molecule has 5 nitrogen and oxygen atoms in total. The molecule has 3 rings (SSSR count). The predicted octanol–water partition coefficient (Wildman–Crippen LogP) is 1.72. The van der Waals surface area contributed by atoms with Gasteiger partial charge in [0.15, 0.2) is 0 Å². The summed E-state index contributed by atoms with van der Waals surface area (Å²) in [6.45, 7) is 10.2. The first kappa shape index (κ1) is 15.2. The van der Waals surface area contributed by atoms with Gasteiger partial charge in [-0.2, -0.15) is 0 Å². The number of nitrogens with two attached hydrogens (primary N) is 1. The Morgan fingerprint density at radius 2 is 1.86 bits per heavy atom. The first-order valence-corrected chi connectivity index (χ1v) is 8.08. The molecule has 5 heteroatoms. The number of nitrogens with zero attached hydrogens (tertiary/aromatic N) is 4. The maximum atomic E-state index is 5.69. The van der Waals surface area contributed by atoms with Crippen LogP contribution in [-0.4, -0.2) is 54.1 Å². The van der Waals surface area contributed by atoms with Crippen LogP contribution in [-0.2, 0) is 0 Å². The molecule has 0 atom stereocenters. The summed E-state index contributed by atoms with van der Waals surface area (Å²) in [5.74, 6) is 1.07. The van der Waals surface area contributed by atoms with Gasteiger partial charge >= 0.3 is 0 Å². The number of fused-ring (bicyclic) bond motifs is 1. The van der Waals surface area contributed by atoms with Crippen molar-refractivity contribution in [1.82, 2.24) is 14.9 Å². The molecule has 0 unspecified atom stereocenters. The molecule has 0 radical (unpaired) electrons. The third-order valence-corrected chi connectivity index (χ3v) is 4.56. The van der Waals surface area contributed by atoms with Crippen LogP contribution < -0.4 is 10.6 Å². The first-order chi connectivity index (χ1) is 10.7. The van der Waals surface area contributed by atoms with Gasteiger partial charge in [0.1, 0.15) is 12.1 Å². The number of anilines is 1. The molecule has 1 saturated heterocycles. The van der Waals surface area contributed by atoms with Gasteiger partial charge < -0.3 is 15.5 Å². The Morgan fingerprint density at radius 1 is 1.05 bits per heavy atom. The third-order valence-electron chi connectivity index (χ3n) is 4.56. The van der Waals surface area contributed by atoms with E-state index in [1.54, 1.807) is 6.33 Å². The van der Waals surface area contributed by atoms with Crippen molar-refractivity contribution in [3.8, 4) is 0 Å². The average Bonchev–Trinajstić information content (AvgIpc) is 2.74. The zero-order valence-corrected chi connectivity index (χ0v) is 13.5. The third kappa shape index (κ3) is 3.05. The molecule has 0 bridgehead atoms. The lowest BCUT2D eigenvalue weighted by atomic mass is 10.1. The van der Waals surface area contributed by atoms with Gasteiger partial charge in [-0.05, 0) is 50.1 Å². The molecule has 1 aromatic heterocycles. The van der Waals surface area contributed by atoms with Gasteiger partial charge in [-0.3, -0.25) is 0 Å². The lowest BCUT2D eigenvalue weighted by Crippen LogP contribution is -2.34. The van der Waals surface area contributed by atoms with Gasteiger partial charge in [0.05, 0.1) is 5.52 Å². The Hall–Kier alpha value is -1.72. The van der Waals surface area contributed by atoms with E-state index in [0.717, 1.165) is 62.4 Å². The number of aromatic nitrogens is 2. The first-order valence-electron chi connectivity index (χ1n) is 8.08.